The molecule has 1 aromatic carbocycles. The van der Waals surface area contributed by atoms with Gasteiger partial charge in [0.05, 0.1) is 12.8 Å². The lowest BCUT2D eigenvalue weighted by Crippen LogP contribution is -2.65. The third-order valence-electron chi connectivity index (χ3n) is 7.03. The van der Waals surface area contributed by atoms with Gasteiger partial charge in [0.25, 0.3) is 0 Å². The number of piperidine rings is 1. The SMILES string of the molecule is COc1cc2c(cc1O)C1CC(=NO)C3C4CCCC4C3N1CC2. The molecule has 1 saturated heterocycles. The molecule has 2 N–H and O–H groups in total. The standard InChI is InChI=1S/C19H24N2O3/c1-24-17-7-10-5-6-21-15(13(10)8-16(17)22)9-14(20-23)18-11-3-2-4-12(11)19(18)21/h7-8,11-12,15,18-19,22-23H,2-6,9H2,1H3. The number of ether oxygens (including phenoxy) is 1. The highest BCUT2D eigenvalue weighted by molar-refractivity contribution is 5.90. The van der Waals surface area contributed by atoms with Gasteiger partial charge in [0, 0.05) is 31.0 Å². The second kappa shape index (κ2) is 5.12. The molecular weight excluding hydrogens is 304 g/mol. The minimum Gasteiger partial charge on any atom is -0.504 e. The van der Waals surface area contributed by atoms with Crippen LogP contribution in [0.5, 0.6) is 11.5 Å². The van der Waals surface area contributed by atoms with E-state index in [1.54, 1.807) is 7.11 Å². The fraction of sp³-hybridized carbons (Fsp3) is 0.632. The molecule has 0 spiro atoms. The molecule has 2 aliphatic carbocycles. The molecule has 5 unspecified atom stereocenters. The Labute approximate surface area is 141 Å². The Morgan fingerprint density at radius 3 is 2.88 bits per heavy atom. The second-order valence-corrected chi connectivity index (χ2v) is 7.80. The van der Waals surface area contributed by atoms with Crippen LogP contribution in [0.25, 0.3) is 0 Å². The summed E-state index contributed by atoms with van der Waals surface area (Å²) in [6, 6.07) is 4.59. The molecule has 128 valence electrons. The number of rotatable bonds is 1. The van der Waals surface area contributed by atoms with Crippen LogP contribution < -0.4 is 4.74 Å². The highest BCUT2D eigenvalue weighted by atomic mass is 16.5. The molecule has 0 aromatic heterocycles. The molecule has 5 nitrogen and oxygen atoms in total. The van der Waals surface area contributed by atoms with Crippen LogP contribution in [0, 0.1) is 17.8 Å². The molecule has 0 bridgehead atoms. The number of oxime groups is 1. The number of phenols is 1. The Hall–Kier alpha value is -1.75. The Bertz CT molecular complexity index is 717. The summed E-state index contributed by atoms with van der Waals surface area (Å²) in [4.78, 5) is 2.64. The van der Waals surface area contributed by atoms with E-state index in [-0.39, 0.29) is 11.8 Å². The number of methoxy groups -OCH3 is 1. The summed E-state index contributed by atoms with van der Waals surface area (Å²) in [6.07, 6.45) is 5.69. The van der Waals surface area contributed by atoms with Gasteiger partial charge in [0.15, 0.2) is 11.5 Å². The van der Waals surface area contributed by atoms with Crippen molar-refractivity contribution in [2.75, 3.05) is 13.7 Å². The Balaban J connectivity index is 1.56. The molecule has 0 radical (unpaired) electrons. The molecule has 5 heteroatoms. The molecule has 5 atom stereocenters. The van der Waals surface area contributed by atoms with Gasteiger partial charge in [-0.1, -0.05) is 11.6 Å². The van der Waals surface area contributed by atoms with Crippen molar-refractivity contribution in [2.24, 2.45) is 22.9 Å². The van der Waals surface area contributed by atoms with Gasteiger partial charge in [0.1, 0.15) is 0 Å². The predicted molar refractivity (Wildman–Crippen MR) is 89.8 cm³/mol. The second-order valence-electron chi connectivity index (χ2n) is 7.80. The van der Waals surface area contributed by atoms with E-state index in [0.717, 1.165) is 36.9 Å². The van der Waals surface area contributed by atoms with Crippen LogP contribution in [0.4, 0.5) is 0 Å². The van der Waals surface area contributed by atoms with Crippen molar-refractivity contribution in [3.05, 3.63) is 23.3 Å². The summed E-state index contributed by atoms with van der Waals surface area (Å²) in [6.45, 7) is 1.05. The lowest BCUT2D eigenvalue weighted by Gasteiger charge is -2.60. The van der Waals surface area contributed by atoms with Gasteiger partial charge in [-0.25, -0.2) is 0 Å². The molecule has 24 heavy (non-hydrogen) atoms. The van der Waals surface area contributed by atoms with Gasteiger partial charge in [-0.15, -0.1) is 0 Å². The molecule has 3 fully saturated rings. The third kappa shape index (κ3) is 1.76. The largest absolute Gasteiger partial charge is 0.504 e. The average Bonchev–Trinajstić information content (AvgIpc) is 2.99. The quantitative estimate of drug-likeness (QED) is 0.614. The number of aromatic hydroxyl groups is 1. The van der Waals surface area contributed by atoms with Crippen LogP contribution in [0.3, 0.4) is 0 Å². The van der Waals surface area contributed by atoms with Crippen molar-refractivity contribution < 1.29 is 15.1 Å². The fourth-order valence-corrected chi connectivity index (χ4v) is 6.08. The van der Waals surface area contributed by atoms with Gasteiger partial charge in [-0.2, -0.15) is 0 Å². The maximum atomic E-state index is 10.2. The van der Waals surface area contributed by atoms with Gasteiger partial charge in [-0.3, -0.25) is 4.90 Å². The maximum Gasteiger partial charge on any atom is 0.160 e. The first-order valence-corrected chi connectivity index (χ1v) is 9.09. The number of hydrogen-bond donors (Lipinski definition) is 2. The van der Waals surface area contributed by atoms with Gasteiger partial charge in [-0.05, 0) is 54.4 Å². The molecule has 4 aliphatic rings. The van der Waals surface area contributed by atoms with E-state index in [4.69, 9.17) is 4.74 Å². The van der Waals surface area contributed by atoms with E-state index in [1.165, 1.54) is 30.4 Å². The zero-order valence-electron chi connectivity index (χ0n) is 14.0. The zero-order chi connectivity index (χ0) is 16.4. The van der Waals surface area contributed by atoms with Crippen LogP contribution in [-0.4, -0.2) is 40.6 Å². The number of fused-ring (bicyclic) bond motifs is 8. The van der Waals surface area contributed by atoms with E-state index >= 15 is 0 Å². The van der Waals surface area contributed by atoms with Crippen molar-refractivity contribution in [3.8, 4) is 11.5 Å². The summed E-state index contributed by atoms with van der Waals surface area (Å²) in [5.41, 5.74) is 3.41. The Morgan fingerprint density at radius 2 is 2.08 bits per heavy atom. The van der Waals surface area contributed by atoms with E-state index in [1.807, 2.05) is 12.1 Å². The summed E-state index contributed by atoms with van der Waals surface area (Å²) in [7, 11) is 1.59. The molecule has 5 rings (SSSR count). The van der Waals surface area contributed by atoms with Crippen molar-refractivity contribution in [1.29, 1.82) is 0 Å². The van der Waals surface area contributed by atoms with Crippen LogP contribution in [0.1, 0.15) is 42.9 Å². The van der Waals surface area contributed by atoms with Crippen molar-refractivity contribution >= 4 is 5.71 Å². The zero-order valence-corrected chi connectivity index (χ0v) is 14.0. The third-order valence-corrected chi connectivity index (χ3v) is 7.03. The van der Waals surface area contributed by atoms with Gasteiger partial charge >= 0.3 is 0 Å². The molecule has 2 heterocycles. The van der Waals surface area contributed by atoms with E-state index in [9.17, 15) is 10.3 Å². The molecular formula is C19H24N2O3. The highest BCUT2D eigenvalue weighted by Crippen LogP contribution is 2.59. The van der Waals surface area contributed by atoms with Crippen molar-refractivity contribution in [1.82, 2.24) is 4.90 Å². The summed E-state index contributed by atoms with van der Waals surface area (Å²) in [5, 5.41) is 23.6. The number of benzene rings is 1. The first-order chi connectivity index (χ1) is 11.7. The highest BCUT2D eigenvalue weighted by Gasteiger charge is 2.60. The minimum atomic E-state index is 0.204. The number of hydrogen-bond acceptors (Lipinski definition) is 5. The number of nitrogens with zero attached hydrogens (tertiary/aromatic N) is 2. The lowest BCUT2D eigenvalue weighted by molar-refractivity contribution is -0.0580. The number of phenolic OH excluding ortho intramolecular Hbond substituents is 1. The van der Waals surface area contributed by atoms with Gasteiger partial charge < -0.3 is 15.1 Å². The van der Waals surface area contributed by atoms with Crippen molar-refractivity contribution in [3.63, 3.8) is 0 Å². The summed E-state index contributed by atoms with van der Waals surface area (Å²) in [5.74, 6) is 2.70. The van der Waals surface area contributed by atoms with Crippen LogP contribution in [0.2, 0.25) is 0 Å². The van der Waals surface area contributed by atoms with Crippen LogP contribution in [0.15, 0.2) is 17.3 Å². The summed E-state index contributed by atoms with van der Waals surface area (Å²) < 4.78 is 5.27. The first-order valence-electron chi connectivity index (χ1n) is 9.09. The normalized spacial score (nSPS) is 38.7. The lowest BCUT2D eigenvalue weighted by atomic mass is 9.56. The van der Waals surface area contributed by atoms with E-state index < -0.39 is 0 Å². The van der Waals surface area contributed by atoms with E-state index in [0.29, 0.717) is 17.7 Å². The summed E-state index contributed by atoms with van der Waals surface area (Å²) >= 11 is 0. The monoisotopic (exact) mass is 328 g/mol. The van der Waals surface area contributed by atoms with Gasteiger partial charge in [0.2, 0.25) is 0 Å². The first kappa shape index (κ1) is 14.6. The molecule has 2 saturated carbocycles. The Kier molecular flexibility index (Phi) is 3.11. The van der Waals surface area contributed by atoms with Crippen LogP contribution >= 0.6 is 0 Å². The Morgan fingerprint density at radius 1 is 1.25 bits per heavy atom. The average molecular weight is 328 g/mol. The predicted octanol–water partition coefficient (Wildman–Crippen LogP) is 2.95. The minimum absolute atomic E-state index is 0.204. The van der Waals surface area contributed by atoms with E-state index in [2.05, 4.69) is 10.1 Å². The molecule has 1 aromatic rings. The fourth-order valence-electron chi connectivity index (χ4n) is 6.08. The maximum absolute atomic E-state index is 10.2. The topological polar surface area (TPSA) is 65.3 Å². The molecule has 0 amide bonds. The van der Waals surface area contributed by atoms with Crippen LogP contribution in [-0.2, 0) is 6.42 Å². The van der Waals surface area contributed by atoms with Crippen molar-refractivity contribution in [2.45, 2.75) is 44.2 Å². The molecule has 2 aliphatic heterocycles. The smallest absolute Gasteiger partial charge is 0.160 e.